The summed E-state index contributed by atoms with van der Waals surface area (Å²) in [6.45, 7) is 9.95. The number of benzene rings is 1. The molecule has 0 heterocycles. The van der Waals surface area contributed by atoms with Gasteiger partial charge in [0.15, 0.2) is 6.79 Å². The largest absolute Gasteiger partial charge is 0.466 e. The highest BCUT2D eigenvalue weighted by Gasteiger charge is 2.12. The second-order valence-corrected chi connectivity index (χ2v) is 11.4. The van der Waals surface area contributed by atoms with Gasteiger partial charge < -0.3 is 9.47 Å². The number of hydrogen-bond acceptors (Lipinski definition) is 3. The third kappa shape index (κ3) is 5.46. The lowest BCUT2D eigenvalue weighted by atomic mass is 10.1. The summed E-state index contributed by atoms with van der Waals surface area (Å²) in [7, 11) is -1.05. The summed E-state index contributed by atoms with van der Waals surface area (Å²) >= 11 is 0. The van der Waals surface area contributed by atoms with Crippen molar-refractivity contribution < 1.29 is 9.47 Å². The van der Waals surface area contributed by atoms with Gasteiger partial charge >= 0.3 is 0 Å². The summed E-state index contributed by atoms with van der Waals surface area (Å²) in [5.41, 5.74) is 1.63. The van der Waals surface area contributed by atoms with Crippen LogP contribution in [0.1, 0.15) is 18.1 Å². The van der Waals surface area contributed by atoms with E-state index in [1.54, 1.807) is 6.07 Å². The number of rotatable bonds is 7. The molecule has 0 aliphatic carbocycles. The maximum atomic E-state index is 9.08. The summed E-state index contributed by atoms with van der Waals surface area (Å²) in [5, 5.41) is 9.08. The van der Waals surface area contributed by atoms with Crippen molar-refractivity contribution >= 4 is 8.07 Å². The average Bonchev–Trinajstić information content (AvgIpc) is 2.36. The zero-order chi connectivity index (χ0) is 14.3. The molecule has 19 heavy (non-hydrogen) atoms. The Labute approximate surface area is 117 Å². The van der Waals surface area contributed by atoms with Crippen LogP contribution < -0.4 is 4.74 Å². The van der Waals surface area contributed by atoms with E-state index in [2.05, 4.69) is 32.6 Å². The third-order valence-corrected chi connectivity index (χ3v) is 4.59. The van der Waals surface area contributed by atoms with Crippen LogP contribution in [0.25, 0.3) is 0 Å². The van der Waals surface area contributed by atoms with Gasteiger partial charge in [0.05, 0.1) is 5.56 Å². The van der Waals surface area contributed by atoms with E-state index in [9.17, 15) is 0 Å². The van der Waals surface area contributed by atoms with Crippen LogP contribution >= 0.6 is 0 Å². The quantitative estimate of drug-likeness (QED) is 0.432. The Morgan fingerprint density at radius 2 is 2.00 bits per heavy atom. The number of aryl methyl sites for hydroxylation is 1. The molecule has 0 saturated carbocycles. The molecule has 4 heteroatoms. The van der Waals surface area contributed by atoms with Crippen LogP contribution in [0.5, 0.6) is 5.75 Å². The molecular weight excluding hydrogens is 254 g/mol. The molecule has 0 aliphatic rings. The first-order chi connectivity index (χ1) is 8.98. The highest BCUT2D eigenvalue weighted by molar-refractivity contribution is 6.76. The Morgan fingerprint density at radius 1 is 1.26 bits per heavy atom. The number of hydrogen-bond donors (Lipinski definition) is 0. The van der Waals surface area contributed by atoms with Crippen molar-refractivity contribution in [2.24, 2.45) is 0 Å². The minimum Gasteiger partial charge on any atom is -0.466 e. The van der Waals surface area contributed by atoms with Gasteiger partial charge in [0.1, 0.15) is 11.8 Å². The topological polar surface area (TPSA) is 42.2 Å². The van der Waals surface area contributed by atoms with Gasteiger partial charge in [0, 0.05) is 14.7 Å². The van der Waals surface area contributed by atoms with Crippen molar-refractivity contribution in [2.75, 3.05) is 13.4 Å². The van der Waals surface area contributed by atoms with Crippen LogP contribution in [0.4, 0.5) is 0 Å². The van der Waals surface area contributed by atoms with E-state index < -0.39 is 8.07 Å². The van der Waals surface area contributed by atoms with Gasteiger partial charge in [-0.25, -0.2) is 0 Å². The molecule has 0 radical (unpaired) electrons. The molecule has 0 fully saturated rings. The average molecular weight is 277 g/mol. The Bertz CT molecular complexity index is 446. The van der Waals surface area contributed by atoms with E-state index in [-0.39, 0.29) is 6.79 Å². The fourth-order valence-electron chi connectivity index (χ4n) is 1.66. The summed E-state index contributed by atoms with van der Waals surface area (Å²) in [4.78, 5) is 0. The molecule has 3 nitrogen and oxygen atoms in total. The van der Waals surface area contributed by atoms with Gasteiger partial charge in [0.25, 0.3) is 0 Å². The van der Waals surface area contributed by atoms with E-state index in [4.69, 9.17) is 14.7 Å². The Kier molecular flexibility index (Phi) is 6.06. The predicted octanol–water partition coefficient (Wildman–Crippen LogP) is 3.81. The van der Waals surface area contributed by atoms with Gasteiger partial charge in [-0.2, -0.15) is 5.26 Å². The molecular formula is C15H23NO2Si. The molecule has 1 aromatic rings. The lowest BCUT2D eigenvalue weighted by molar-refractivity contribution is 0.0213. The van der Waals surface area contributed by atoms with E-state index in [0.717, 1.165) is 24.6 Å². The van der Waals surface area contributed by atoms with Crippen LogP contribution in [0.2, 0.25) is 25.7 Å². The van der Waals surface area contributed by atoms with E-state index in [1.807, 2.05) is 12.1 Å². The Morgan fingerprint density at radius 3 is 2.58 bits per heavy atom. The lowest BCUT2D eigenvalue weighted by Gasteiger charge is -2.16. The van der Waals surface area contributed by atoms with Crippen molar-refractivity contribution in [1.82, 2.24) is 0 Å². The number of nitriles is 1. The summed E-state index contributed by atoms with van der Waals surface area (Å²) in [5.74, 6) is 0.667. The van der Waals surface area contributed by atoms with Gasteiger partial charge in [-0.3, -0.25) is 0 Å². The molecule has 0 unspecified atom stereocenters. The Hall–Kier alpha value is -1.31. The normalized spacial score (nSPS) is 11.1. The van der Waals surface area contributed by atoms with Crippen molar-refractivity contribution in [2.45, 2.75) is 39.0 Å². The van der Waals surface area contributed by atoms with Crippen molar-refractivity contribution in [3.05, 3.63) is 29.3 Å². The number of nitrogens with zero attached hydrogens (tertiary/aromatic N) is 1. The molecule has 0 bridgehead atoms. The summed E-state index contributed by atoms with van der Waals surface area (Å²) in [6.07, 6.45) is 0.847. The predicted molar refractivity (Wildman–Crippen MR) is 80.1 cm³/mol. The molecule has 0 aromatic heterocycles. The zero-order valence-electron chi connectivity index (χ0n) is 12.3. The van der Waals surface area contributed by atoms with Crippen molar-refractivity contribution in [3.63, 3.8) is 0 Å². The second-order valence-electron chi connectivity index (χ2n) is 5.74. The minimum absolute atomic E-state index is 0.218. The zero-order valence-corrected chi connectivity index (χ0v) is 13.3. The number of ether oxygens (including phenoxy) is 2. The molecule has 0 saturated heterocycles. The van der Waals surface area contributed by atoms with Gasteiger partial charge in [-0.05, 0) is 24.1 Å². The van der Waals surface area contributed by atoms with Crippen molar-refractivity contribution in [1.29, 1.82) is 5.26 Å². The maximum Gasteiger partial charge on any atom is 0.189 e. The molecule has 0 amide bonds. The molecule has 1 rings (SSSR count). The van der Waals surface area contributed by atoms with Crippen molar-refractivity contribution in [3.8, 4) is 11.8 Å². The smallest absolute Gasteiger partial charge is 0.189 e. The standard InChI is InChI=1S/C15H23NO2Si/c1-5-13-7-6-8-14(11-16)15(13)18-12-17-9-10-19(2,3)4/h6-8H,5,9-10,12H2,1-4H3. The first-order valence-corrected chi connectivity index (χ1v) is 10.4. The lowest BCUT2D eigenvalue weighted by Crippen LogP contribution is -2.22. The SMILES string of the molecule is CCc1cccc(C#N)c1OCOCC[Si](C)(C)C. The van der Waals surface area contributed by atoms with E-state index in [0.29, 0.717) is 11.3 Å². The highest BCUT2D eigenvalue weighted by atomic mass is 28.3. The molecule has 0 atom stereocenters. The molecule has 0 aliphatic heterocycles. The Balaban J connectivity index is 2.51. The second kappa shape index (κ2) is 7.32. The number of para-hydroxylation sites is 1. The van der Waals surface area contributed by atoms with Gasteiger partial charge in [-0.1, -0.05) is 38.7 Å². The molecule has 104 valence electrons. The third-order valence-electron chi connectivity index (χ3n) is 2.88. The maximum absolute atomic E-state index is 9.08. The van der Waals surface area contributed by atoms with Crippen LogP contribution in [-0.4, -0.2) is 21.5 Å². The van der Waals surface area contributed by atoms with Crippen LogP contribution in [0.15, 0.2) is 18.2 Å². The fraction of sp³-hybridized carbons (Fsp3) is 0.533. The van der Waals surface area contributed by atoms with E-state index >= 15 is 0 Å². The minimum atomic E-state index is -1.05. The van der Waals surface area contributed by atoms with Crippen LogP contribution in [0.3, 0.4) is 0 Å². The molecule has 0 spiro atoms. The fourth-order valence-corrected chi connectivity index (χ4v) is 2.42. The van der Waals surface area contributed by atoms with Crippen LogP contribution in [-0.2, 0) is 11.2 Å². The van der Waals surface area contributed by atoms with E-state index in [1.165, 1.54) is 0 Å². The van der Waals surface area contributed by atoms with Crippen LogP contribution in [0, 0.1) is 11.3 Å². The van der Waals surface area contributed by atoms with Gasteiger partial charge in [-0.15, -0.1) is 0 Å². The molecule has 0 N–H and O–H groups in total. The molecule has 1 aromatic carbocycles. The monoisotopic (exact) mass is 277 g/mol. The first-order valence-electron chi connectivity index (χ1n) is 6.70. The first kappa shape index (κ1) is 15.7. The summed E-state index contributed by atoms with van der Waals surface area (Å²) < 4.78 is 11.2. The summed E-state index contributed by atoms with van der Waals surface area (Å²) in [6, 6.07) is 8.93. The highest BCUT2D eigenvalue weighted by Crippen LogP contribution is 2.24. The van der Waals surface area contributed by atoms with Gasteiger partial charge in [0.2, 0.25) is 0 Å².